The Morgan fingerprint density at radius 3 is 2.52 bits per heavy atom. The van der Waals surface area contributed by atoms with E-state index in [1.807, 2.05) is 25.2 Å². The summed E-state index contributed by atoms with van der Waals surface area (Å²) in [6, 6.07) is 6.52. The van der Waals surface area contributed by atoms with Crippen LogP contribution in [0.3, 0.4) is 0 Å². The fraction of sp³-hybridized carbons (Fsp3) is 0.533. The van der Waals surface area contributed by atoms with Crippen molar-refractivity contribution in [3.63, 3.8) is 0 Å². The molecule has 0 amide bonds. The highest BCUT2D eigenvalue weighted by Gasteiger charge is 2.27. The SMILES string of the molecule is COc1ccc(CCN=C(N)N(C)C2CC2)cc1OC.I. The molecule has 1 fully saturated rings. The van der Waals surface area contributed by atoms with Gasteiger partial charge < -0.3 is 20.1 Å². The average Bonchev–Trinajstić information content (AvgIpc) is 3.30. The van der Waals surface area contributed by atoms with Crippen molar-refractivity contribution in [1.29, 1.82) is 0 Å². The number of methoxy groups -OCH3 is 2. The molecular weight excluding hydrogens is 381 g/mol. The molecule has 5 nitrogen and oxygen atoms in total. The molecule has 1 aromatic carbocycles. The molecule has 0 unspecified atom stereocenters. The Kier molecular flexibility index (Phi) is 7.07. The molecular formula is C15H24IN3O2. The van der Waals surface area contributed by atoms with E-state index in [4.69, 9.17) is 15.2 Å². The van der Waals surface area contributed by atoms with Gasteiger partial charge in [0.1, 0.15) is 0 Å². The van der Waals surface area contributed by atoms with E-state index >= 15 is 0 Å². The molecule has 0 saturated heterocycles. The number of hydrogen-bond acceptors (Lipinski definition) is 3. The number of nitrogens with zero attached hydrogens (tertiary/aromatic N) is 2. The van der Waals surface area contributed by atoms with E-state index in [9.17, 15) is 0 Å². The van der Waals surface area contributed by atoms with Crippen molar-refractivity contribution >= 4 is 29.9 Å². The van der Waals surface area contributed by atoms with Crippen LogP contribution in [0.1, 0.15) is 18.4 Å². The standard InChI is InChI=1S/C15H23N3O2.HI/c1-18(12-5-6-12)15(16)17-9-8-11-4-7-13(19-2)14(10-11)20-3;/h4,7,10,12H,5-6,8-9H2,1-3H3,(H2,16,17);1H. The number of hydrogen-bond donors (Lipinski definition) is 1. The first-order chi connectivity index (χ1) is 9.65. The normalized spacial score (nSPS) is 14.3. The van der Waals surface area contributed by atoms with E-state index < -0.39 is 0 Å². The third kappa shape index (κ3) is 4.94. The van der Waals surface area contributed by atoms with Crippen LogP contribution in [-0.2, 0) is 6.42 Å². The van der Waals surface area contributed by atoms with Crippen molar-refractivity contribution in [2.24, 2.45) is 10.7 Å². The van der Waals surface area contributed by atoms with Crippen LogP contribution in [0.4, 0.5) is 0 Å². The first kappa shape index (κ1) is 17.9. The average molecular weight is 405 g/mol. The Bertz CT molecular complexity index is 490. The predicted octanol–water partition coefficient (Wildman–Crippen LogP) is 2.27. The molecule has 0 spiro atoms. The molecule has 21 heavy (non-hydrogen) atoms. The first-order valence-corrected chi connectivity index (χ1v) is 6.89. The molecule has 0 aliphatic heterocycles. The summed E-state index contributed by atoms with van der Waals surface area (Å²) >= 11 is 0. The Hall–Kier alpha value is -1.18. The van der Waals surface area contributed by atoms with Gasteiger partial charge in [-0.25, -0.2) is 0 Å². The molecule has 0 aromatic heterocycles. The summed E-state index contributed by atoms with van der Waals surface area (Å²) in [6.07, 6.45) is 3.28. The van der Waals surface area contributed by atoms with Gasteiger partial charge in [0.2, 0.25) is 0 Å². The van der Waals surface area contributed by atoms with Crippen molar-refractivity contribution < 1.29 is 9.47 Å². The van der Waals surface area contributed by atoms with Crippen LogP contribution in [0.15, 0.2) is 23.2 Å². The van der Waals surface area contributed by atoms with Gasteiger partial charge in [-0.05, 0) is 37.0 Å². The zero-order chi connectivity index (χ0) is 14.5. The maximum atomic E-state index is 5.96. The third-order valence-corrected chi connectivity index (χ3v) is 3.58. The van der Waals surface area contributed by atoms with E-state index in [0.717, 1.165) is 23.5 Å². The number of nitrogens with two attached hydrogens (primary N) is 1. The maximum absolute atomic E-state index is 5.96. The van der Waals surface area contributed by atoms with Gasteiger partial charge in [0, 0.05) is 19.6 Å². The molecule has 0 heterocycles. The lowest BCUT2D eigenvalue weighted by Gasteiger charge is -2.16. The van der Waals surface area contributed by atoms with Crippen LogP contribution in [0.25, 0.3) is 0 Å². The number of halogens is 1. The van der Waals surface area contributed by atoms with E-state index in [-0.39, 0.29) is 24.0 Å². The van der Waals surface area contributed by atoms with E-state index in [2.05, 4.69) is 9.89 Å². The van der Waals surface area contributed by atoms with Gasteiger partial charge in [0.15, 0.2) is 17.5 Å². The van der Waals surface area contributed by atoms with E-state index in [1.165, 1.54) is 12.8 Å². The van der Waals surface area contributed by atoms with Crippen LogP contribution in [0.2, 0.25) is 0 Å². The Morgan fingerprint density at radius 1 is 1.29 bits per heavy atom. The summed E-state index contributed by atoms with van der Waals surface area (Å²) in [7, 11) is 5.28. The predicted molar refractivity (Wildman–Crippen MR) is 95.9 cm³/mol. The summed E-state index contributed by atoms with van der Waals surface area (Å²) in [5.41, 5.74) is 7.12. The lowest BCUT2D eigenvalue weighted by Crippen LogP contribution is -2.35. The lowest BCUT2D eigenvalue weighted by atomic mass is 10.1. The smallest absolute Gasteiger partial charge is 0.191 e. The van der Waals surface area contributed by atoms with Crippen LogP contribution in [-0.4, -0.2) is 44.7 Å². The van der Waals surface area contributed by atoms with Gasteiger partial charge in [-0.2, -0.15) is 0 Å². The minimum atomic E-state index is 0. The van der Waals surface area contributed by atoms with Gasteiger partial charge in [-0.1, -0.05) is 6.07 Å². The highest BCUT2D eigenvalue weighted by molar-refractivity contribution is 14.0. The fourth-order valence-electron chi connectivity index (χ4n) is 2.10. The van der Waals surface area contributed by atoms with Gasteiger partial charge in [-0.15, -0.1) is 24.0 Å². The van der Waals surface area contributed by atoms with Crippen LogP contribution in [0.5, 0.6) is 11.5 Å². The van der Waals surface area contributed by atoms with Crippen LogP contribution < -0.4 is 15.2 Å². The molecule has 2 rings (SSSR count). The zero-order valence-electron chi connectivity index (χ0n) is 12.8. The largest absolute Gasteiger partial charge is 0.493 e. The Labute approximate surface area is 143 Å². The van der Waals surface area contributed by atoms with Crippen molar-refractivity contribution in [1.82, 2.24) is 4.90 Å². The topological polar surface area (TPSA) is 60.1 Å². The second kappa shape index (κ2) is 8.31. The number of guanidine groups is 1. The molecule has 1 aliphatic rings. The van der Waals surface area contributed by atoms with Crippen molar-refractivity contribution in [2.75, 3.05) is 27.8 Å². The molecule has 0 bridgehead atoms. The van der Waals surface area contributed by atoms with E-state index in [0.29, 0.717) is 18.5 Å². The molecule has 0 radical (unpaired) electrons. The lowest BCUT2D eigenvalue weighted by molar-refractivity contribution is 0.354. The van der Waals surface area contributed by atoms with Gasteiger partial charge >= 0.3 is 0 Å². The van der Waals surface area contributed by atoms with Crippen molar-refractivity contribution in [2.45, 2.75) is 25.3 Å². The highest BCUT2D eigenvalue weighted by atomic mass is 127. The number of ether oxygens (including phenoxy) is 2. The molecule has 1 saturated carbocycles. The van der Waals surface area contributed by atoms with Crippen LogP contribution in [0, 0.1) is 0 Å². The minimum absolute atomic E-state index is 0. The molecule has 1 aromatic rings. The monoisotopic (exact) mass is 405 g/mol. The van der Waals surface area contributed by atoms with Crippen molar-refractivity contribution in [3.8, 4) is 11.5 Å². The number of benzene rings is 1. The Balaban J connectivity index is 0.00000220. The first-order valence-electron chi connectivity index (χ1n) is 6.89. The summed E-state index contributed by atoms with van der Waals surface area (Å²) in [5, 5.41) is 0. The third-order valence-electron chi connectivity index (χ3n) is 3.58. The number of aliphatic imine (C=N–C) groups is 1. The zero-order valence-corrected chi connectivity index (χ0v) is 15.2. The molecule has 0 atom stereocenters. The molecule has 1 aliphatic carbocycles. The minimum Gasteiger partial charge on any atom is -0.493 e. The second-order valence-electron chi connectivity index (χ2n) is 5.02. The quantitative estimate of drug-likeness (QED) is 0.448. The van der Waals surface area contributed by atoms with E-state index in [1.54, 1.807) is 14.2 Å². The van der Waals surface area contributed by atoms with Crippen LogP contribution >= 0.6 is 24.0 Å². The molecule has 118 valence electrons. The summed E-state index contributed by atoms with van der Waals surface area (Å²) in [4.78, 5) is 6.49. The Morgan fingerprint density at radius 2 is 1.95 bits per heavy atom. The van der Waals surface area contributed by atoms with Crippen molar-refractivity contribution in [3.05, 3.63) is 23.8 Å². The summed E-state index contributed by atoms with van der Waals surface area (Å²) in [5.74, 6) is 2.12. The number of rotatable bonds is 6. The molecule has 2 N–H and O–H groups in total. The summed E-state index contributed by atoms with van der Waals surface area (Å²) < 4.78 is 10.5. The molecule has 6 heteroatoms. The fourth-order valence-corrected chi connectivity index (χ4v) is 2.10. The second-order valence-corrected chi connectivity index (χ2v) is 5.02. The maximum Gasteiger partial charge on any atom is 0.191 e. The highest BCUT2D eigenvalue weighted by Crippen LogP contribution is 2.27. The van der Waals surface area contributed by atoms with Gasteiger partial charge in [0.25, 0.3) is 0 Å². The summed E-state index contributed by atoms with van der Waals surface area (Å²) in [6.45, 7) is 0.679. The van der Waals surface area contributed by atoms with Gasteiger partial charge in [0.05, 0.1) is 14.2 Å². The van der Waals surface area contributed by atoms with Gasteiger partial charge in [-0.3, -0.25) is 4.99 Å².